The van der Waals surface area contributed by atoms with Gasteiger partial charge in [-0.05, 0) is 69.4 Å². The Balaban J connectivity index is 2.03. The van der Waals surface area contributed by atoms with Crippen molar-refractivity contribution in [2.75, 3.05) is 0 Å². The summed E-state index contributed by atoms with van der Waals surface area (Å²) < 4.78 is 2.11. The van der Waals surface area contributed by atoms with E-state index >= 15 is 0 Å². The third-order valence-electron chi connectivity index (χ3n) is 2.36. The molecule has 0 aliphatic carbocycles. The van der Waals surface area contributed by atoms with Crippen molar-refractivity contribution in [3.8, 4) is 0 Å². The molecule has 0 aliphatic rings. The molecule has 96 valence electrons. The fraction of sp³-hybridized carbons (Fsp3) is 0. The monoisotopic (exact) mass is 476 g/mol. The van der Waals surface area contributed by atoms with E-state index < -0.39 is 0 Å². The van der Waals surface area contributed by atoms with Gasteiger partial charge in [0.15, 0.2) is 0 Å². The van der Waals surface area contributed by atoms with Crippen LogP contribution < -0.4 is 5.43 Å². The molecule has 0 spiro atoms. The van der Waals surface area contributed by atoms with Crippen molar-refractivity contribution in [2.45, 2.75) is 0 Å². The van der Waals surface area contributed by atoms with E-state index in [0.717, 1.165) is 12.7 Å². The van der Waals surface area contributed by atoms with Gasteiger partial charge in [-0.3, -0.25) is 4.79 Å². The van der Waals surface area contributed by atoms with E-state index in [-0.39, 0.29) is 5.91 Å². The Morgan fingerprint density at radius 2 is 1.89 bits per heavy atom. The van der Waals surface area contributed by atoms with Crippen LogP contribution in [0.3, 0.4) is 0 Å². The fourth-order valence-electron chi connectivity index (χ4n) is 1.43. The van der Waals surface area contributed by atoms with Gasteiger partial charge < -0.3 is 0 Å². The fourth-order valence-corrected chi connectivity index (χ4v) is 2.50. The molecule has 2 aromatic rings. The summed E-state index contributed by atoms with van der Waals surface area (Å²) in [4.78, 5) is 11.8. The molecular weight excluding hydrogens is 466 g/mol. The molecule has 0 saturated carbocycles. The number of amides is 1. The van der Waals surface area contributed by atoms with Gasteiger partial charge in [-0.25, -0.2) is 5.43 Å². The van der Waals surface area contributed by atoms with Crippen molar-refractivity contribution < 1.29 is 4.79 Å². The van der Waals surface area contributed by atoms with Crippen molar-refractivity contribution in [2.24, 2.45) is 5.10 Å². The molecule has 3 nitrogen and oxygen atoms in total. The zero-order chi connectivity index (χ0) is 13.7. The van der Waals surface area contributed by atoms with Gasteiger partial charge in [0.05, 0.1) is 6.21 Å². The summed E-state index contributed by atoms with van der Waals surface area (Å²) in [5.74, 6) is -0.208. The SMILES string of the molecule is O=C(N/N=C\c1ccccc1I)c1cccc(I)c1. The minimum atomic E-state index is -0.208. The highest BCUT2D eigenvalue weighted by Gasteiger charge is 2.03. The highest BCUT2D eigenvalue weighted by Crippen LogP contribution is 2.09. The lowest BCUT2D eigenvalue weighted by Crippen LogP contribution is -2.17. The van der Waals surface area contributed by atoms with E-state index in [9.17, 15) is 4.79 Å². The molecule has 1 amide bonds. The molecule has 2 aromatic carbocycles. The van der Waals surface area contributed by atoms with Gasteiger partial charge >= 0.3 is 0 Å². The molecule has 0 atom stereocenters. The highest BCUT2D eigenvalue weighted by molar-refractivity contribution is 14.1. The lowest BCUT2D eigenvalue weighted by atomic mass is 10.2. The highest BCUT2D eigenvalue weighted by atomic mass is 127. The van der Waals surface area contributed by atoms with Crippen LogP contribution in [0.25, 0.3) is 0 Å². The number of rotatable bonds is 3. The summed E-state index contributed by atoms with van der Waals surface area (Å²) in [5.41, 5.74) is 4.11. The van der Waals surface area contributed by atoms with E-state index in [1.165, 1.54) is 0 Å². The molecule has 0 bridgehead atoms. The first kappa shape index (κ1) is 14.4. The Labute approximate surface area is 138 Å². The lowest BCUT2D eigenvalue weighted by molar-refractivity contribution is 0.0955. The molecule has 19 heavy (non-hydrogen) atoms. The van der Waals surface area contributed by atoms with E-state index in [4.69, 9.17) is 0 Å². The second kappa shape index (κ2) is 6.99. The summed E-state index contributed by atoms with van der Waals surface area (Å²) in [6, 6.07) is 15.2. The normalized spacial score (nSPS) is 10.6. The number of nitrogens with zero attached hydrogens (tertiary/aromatic N) is 1. The minimum Gasteiger partial charge on any atom is -0.267 e. The smallest absolute Gasteiger partial charge is 0.267 e. The van der Waals surface area contributed by atoms with Gasteiger partial charge in [-0.15, -0.1) is 0 Å². The summed E-state index contributed by atoms with van der Waals surface area (Å²) in [5, 5.41) is 3.98. The van der Waals surface area contributed by atoms with Crippen LogP contribution >= 0.6 is 45.2 Å². The van der Waals surface area contributed by atoms with Crippen LogP contribution in [0.1, 0.15) is 15.9 Å². The van der Waals surface area contributed by atoms with Crippen LogP contribution in [0.2, 0.25) is 0 Å². The van der Waals surface area contributed by atoms with Crippen LogP contribution in [0.4, 0.5) is 0 Å². The van der Waals surface area contributed by atoms with Crippen LogP contribution in [-0.4, -0.2) is 12.1 Å². The largest absolute Gasteiger partial charge is 0.271 e. The second-order valence-electron chi connectivity index (χ2n) is 3.73. The maximum atomic E-state index is 11.8. The van der Waals surface area contributed by atoms with Crippen LogP contribution in [-0.2, 0) is 0 Å². The molecule has 0 aromatic heterocycles. The van der Waals surface area contributed by atoms with Gasteiger partial charge in [-0.1, -0.05) is 24.3 Å². The molecular formula is C14H10I2N2O. The summed E-state index contributed by atoms with van der Waals surface area (Å²) in [6.07, 6.45) is 1.65. The lowest BCUT2D eigenvalue weighted by Gasteiger charge is -2.00. The number of halogens is 2. The summed E-state index contributed by atoms with van der Waals surface area (Å²) >= 11 is 4.40. The number of hydrogen-bond donors (Lipinski definition) is 1. The zero-order valence-electron chi connectivity index (χ0n) is 9.81. The predicted molar refractivity (Wildman–Crippen MR) is 93.4 cm³/mol. The van der Waals surface area contributed by atoms with Crippen molar-refractivity contribution >= 4 is 57.3 Å². The predicted octanol–water partition coefficient (Wildman–Crippen LogP) is 3.66. The Morgan fingerprint density at radius 3 is 2.63 bits per heavy atom. The average Bonchev–Trinajstić information content (AvgIpc) is 2.41. The Bertz CT molecular complexity index is 626. The van der Waals surface area contributed by atoms with Crippen LogP contribution in [0, 0.1) is 7.14 Å². The first-order valence-electron chi connectivity index (χ1n) is 5.50. The average molecular weight is 476 g/mol. The molecule has 0 fully saturated rings. The van der Waals surface area contributed by atoms with Gasteiger partial charge in [0.25, 0.3) is 5.91 Å². The molecule has 1 N–H and O–H groups in total. The standard InChI is InChI=1S/C14H10I2N2O/c15-12-6-3-5-10(8-12)14(19)18-17-9-11-4-1-2-7-13(11)16/h1-9H,(H,18,19)/b17-9-. The number of hydrazone groups is 1. The molecule has 0 aliphatic heterocycles. The van der Waals surface area contributed by atoms with E-state index in [1.807, 2.05) is 42.5 Å². The van der Waals surface area contributed by atoms with Crippen LogP contribution in [0.15, 0.2) is 53.6 Å². The first-order valence-corrected chi connectivity index (χ1v) is 7.66. The Kier molecular flexibility index (Phi) is 5.32. The topological polar surface area (TPSA) is 41.5 Å². The number of benzene rings is 2. The Morgan fingerprint density at radius 1 is 1.11 bits per heavy atom. The van der Waals surface area contributed by atoms with E-state index in [2.05, 4.69) is 55.7 Å². The van der Waals surface area contributed by atoms with Gasteiger partial charge in [-0.2, -0.15) is 5.10 Å². The van der Waals surface area contributed by atoms with Crippen molar-refractivity contribution in [1.29, 1.82) is 0 Å². The quantitative estimate of drug-likeness (QED) is 0.411. The zero-order valence-corrected chi connectivity index (χ0v) is 14.1. The maximum absolute atomic E-state index is 11.8. The van der Waals surface area contributed by atoms with Gasteiger partial charge in [0.2, 0.25) is 0 Å². The second-order valence-corrected chi connectivity index (χ2v) is 6.14. The number of carbonyl (C=O) groups is 1. The Hall–Kier alpha value is -0.960. The third kappa shape index (κ3) is 4.27. The van der Waals surface area contributed by atoms with Crippen molar-refractivity contribution in [3.05, 3.63) is 66.8 Å². The third-order valence-corrected chi connectivity index (χ3v) is 4.02. The first-order chi connectivity index (χ1) is 9.16. The molecule has 0 radical (unpaired) electrons. The van der Waals surface area contributed by atoms with E-state index in [0.29, 0.717) is 5.56 Å². The molecule has 2 rings (SSSR count). The molecule has 5 heteroatoms. The van der Waals surface area contributed by atoms with Crippen molar-refractivity contribution in [1.82, 2.24) is 5.43 Å². The molecule has 0 heterocycles. The van der Waals surface area contributed by atoms with Crippen molar-refractivity contribution in [3.63, 3.8) is 0 Å². The van der Waals surface area contributed by atoms with Gasteiger partial charge in [0, 0.05) is 18.3 Å². The molecule has 0 saturated heterocycles. The number of hydrogen-bond acceptors (Lipinski definition) is 2. The van der Waals surface area contributed by atoms with Gasteiger partial charge in [0.1, 0.15) is 0 Å². The molecule has 0 unspecified atom stereocenters. The van der Waals surface area contributed by atoms with Crippen LogP contribution in [0.5, 0.6) is 0 Å². The minimum absolute atomic E-state index is 0.208. The number of nitrogens with one attached hydrogen (secondary N) is 1. The van der Waals surface area contributed by atoms with E-state index in [1.54, 1.807) is 12.3 Å². The summed E-state index contributed by atoms with van der Waals surface area (Å²) in [7, 11) is 0. The summed E-state index contributed by atoms with van der Waals surface area (Å²) in [6.45, 7) is 0. The maximum Gasteiger partial charge on any atom is 0.271 e. The number of carbonyl (C=O) groups excluding carboxylic acids is 1.